The van der Waals surface area contributed by atoms with Crippen LogP contribution in [0.3, 0.4) is 0 Å². The first-order valence-corrected chi connectivity index (χ1v) is 14.4. The lowest BCUT2D eigenvalue weighted by molar-refractivity contribution is -0.889. The van der Waals surface area contributed by atoms with Crippen LogP contribution in [0.4, 0.5) is 0 Å². The van der Waals surface area contributed by atoms with Crippen molar-refractivity contribution in [3.8, 4) is 0 Å². The summed E-state index contributed by atoms with van der Waals surface area (Å²) in [5, 5.41) is 6.01. The van der Waals surface area contributed by atoms with E-state index in [1.807, 2.05) is 51.4 Å². The summed E-state index contributed by atoms with van der Waals surface area (Å²) in [6.45, 7) is 3.97. The Morgan fingerprint density at radius 2 is 1.73 bits per heavy atom. The van der Waals surface area contributed by atoms with Gasteiger partial charge in [0.25, 0.3) is 0 Å². The van der Waals surface area contributed by atoms with E-state index in [0.717, 1.165) is 11.3 Å². The Kier molecular flexibility index (Phi) is 12.2. The van der Waals surface area contributed by atoms with E-state index in [0.29, 0.717) is 56.3 Å². The molecule has 1 aromatic carbocycles. The Labute approximate surface area is 220 Å². The average Bonchev–Trinajstić information content (AvgIpc) is 3.34. The van der Waals surface area contributed by atoms with Crippen LogP contribution in [0.1, 0.15) is 37.4 Å². The maximum atomic E-state index is 13.2. The van der Waals surface area contributed by atoms with Crippen molar-refractivity contribution >= 4 is 21.9 Å². The molecule has 2 unspecified atom stereocenters. The second-order valence-corrected chi connectivity index (χ2v) is 11.7. The van der Waals surface area contributed by atoms with E-state index in [4.69, 9.17) is 0 Å². The average molecular weight is 536 g/mol. The number of aromatic amines is 1. The van der Waals surface area contributed by atoms with Crippen LogP contribution in [-0.2, 0) is 32.5 Å². The molecule has 37 heavy (non-hydrogen) atoms. The molecule has 0 saturated carbocycles. The summed E-state index contributed by atoms with van der Waals surface area (Å²) in [7, 11) is -0.354. The smallest absolute Gasteiger partial charge is 0.223 e. The molecule has 2 rings (SSSR count). The zero-order chi connectivity index (χ0) is 27.3. The molecule has 206 valence electrons. The SMILES string of the molecule is CCC(CC(Cc1ccccc1)C(=O)NCC[N+](C)(C)CCCS(=O)(=O)[O-])C(=O)NCCc1cnc[nH]1. The van der Waals surface area contributed by atoms with Gasteiger partial charge in [0.2, 0.25) is 11.8 Å². The predicted molar refractivity (Wildman–Crippen MR) is 141 cm³/mol. The van der Waals surface area contributed by atoms with Gasteiger partial charge < -0.3 is 24.7 Å². The molecule has 0 radical (unpaired) electrons. The van der Waals surface area contributed by atoms with Crippen LogP contribution in [0.5, 0.6) is 0 Å². The summed E-state index contributed by atoms with van der Waals surface area (Å²) in [5.74, 6) is -1.20. The zero-order valence-corrected chi connectivity index (χ0v) is 22.9. The van der Waals surface area contributed by atoms with Crippen molar-refractivity contribution in [2.45, 2.75) is 39.0 Å². The molecule has 3 N–H and O–H groups in total. The zero-order valence-electron chi connectivity index (χ0n) is 22.1. The molecule has 11 heteroatoms. The minimum atomic E-state index is -4.23. The lowest BCUT2D eigenvalue weighted by atomic mass is 9.87. The Morgan fingerprint density at radius 1 is 1.05 bits per heavy atom. The summed E-state index contributed by atoms with van der Waals surface area (Å²) in [4.78, 5) is 33.1. The van der Waals surface area contributed by atoms with Crippen LogP contribution >= 0.6 is 0 Å². The molecule has 0 fully saturated rings. The van der Waals surface area contributed by atoms with Crippen LogP contribution in [0.25, 0.3) is 0 Å². The van der Waals surface area contributed by atoms with Gasteiger partial charge in [-0.3, -0.25) is 9.59 Å². The summed E-state index contributed by atoms with van der Waals surface area (Å²) in [5.41, 5.74) is 1.98. The van der Waals surface area contributed by atoms with Gasteiger partial charge in [0, 0.05) is 48.9 Å². The van der Waals surface area contributed by atoms with E-state index in [9.17, 15) is 22.6 Å². The largest absolute Gasteiger partial charge is 0.748 e. The number of imidazole rings is 1. The molecule has 0 aliphatic heterocycles. The van der Waals surface area contributed by atoms with Gasteiger partial charge in [-0.25, -0.2) is 13.4 Å². The summed E-state index contributed by atoms with van der Waals surface area (Å²) in [6, 6.07) is 9.77. The number of hydrogen-bond acceptors (Lipinski definition) is 6. The van der Waals surface area contributed by atoms with E-state index in [1.54, 1.807) is 12.5 Å². The lowest BCUT2D eigenvalue weighted by Gasteiger charge is -2.30. The van der Waals surface area contributed by atoms with Gasteiger partial charge >= 0.3 is 0 Å². The first-order chi connectivity index (χ1) is 17.5. The van der Waals surface area contributed by atoms with Crippen molar-refractivity contribution in [1.29, 1.82) is 0 Å². The topological polar surface area (TPSA) is 144 Å². The number of H-pyrrole nitrogens is 1. The van der Waals surface area contributed by atoms with Crippen molar-refractivity contribution < 1.29 is 27.0 Å². The fourth-order valence-electron chi connectivity index (χ4n) is 4.28. The molecule has 0 bridgehead atoms. The van der Waals surface area contributed by atoms with Gasteiger partial charge in [0.05, 0.1) is 50.2 Å². The molecule has 0 aliphatic rings. The van der Waals surface area contributed by atoms with Gasteiger partial charge in [-0.05, 0) is 24.8 Å². The van der Waals surface area contributed by atoms with Crippen molar-refractivity contribution in [3.05, 3.63) is 54.1 Å². The molecule has 1 aromatic heterocycles. The molecule has 0 spiro atoms. The Balaban J connectivity index is 1.94. The number of nitrogens with one attached hydrogen (secondary N) is 3. The number of likely N-dealkylation sites (N-methyl/N-ethyl adjacent to an activating group) is 1. The van der Waals surface area contributed by atoms with Gasteiger partial charge in [0.1, 0.15) is 0 Å². The highest BCUT2D eigenvalue weighted by Gasteiger charge is 2.27. The molecule has 1 heterocycles. The number of nitrogens with zero attached hydrogens (tertiary/aromatic N) is 2. The van der Waals surface area contributed by atoms with Crippen LogP contribution in [0.2, 0.25) is 0 Å². The third-order valence-corrected chi connectivity index (χ3v) is 7.34. The highest BCUT2D eigenvalue weighted by atomic mass is 32.2. The molecule has 2 aromatic rings. The number of benzene rings is 1. The van der Waals surface area contributed by atoms with Gasteiger partial charge in [-0.15, -0.1) is 0 Å². The van der Waals surface area contributed by atoms with E-state index in [2.05, 4.69) is 20.6 Å². The van der Waals surface area contributed by atoms with Crippen molar-refractivity contribution in [2.75, 3.05) is 46.0 Å². The molecule has 2 amide bonds. The molecular formula is C26H41N5O5S. The minimum Gasteiger partial charge on any atom is -0.748 e. The predicted octanol–water partition coefficient (Wildman–Crippen LogP) is 1.47. The molecular weight excluding hydrogens is 494 g/mol. The van der Waals surface area contributed by atoms with Crippen molar-refractivity contribution in [2.24, 2.45) is 11.8 Å². The van der Waals surface area contributed by atoms with Crippen molar-refractivity contribution in [1.82, 2.24) is 20.6 Å². The third kappa shape index (κ3) is 12.4. The summed E-state index contributed by atoms with van der Waals surface area (Å²) in [6.07, 6.45) is 5.87. The number of carbonyl (C=O) groups is 2. The Morgan fingerprint density at radius 3 is 2.35 bits per heavy atom. The highest BCUT2D eigenvalue weighted by molar-refractivity contribution is 7.85. The minimum absolute atomic E-state index is 0.0565. The number of hydrogen-bond donors (Lipinski definition) is 3. The first kappa shape index (κ1) is 30.5. The second kappa shape index (κ2) is 14.8. The van der Waals surface area contributed by atoms with E-state index in [-0.39, 0.29) is 35.8 Å². The standard InChI is InChI=1S/C26H41N5O5S/c1-4-22(25(32)28-12-11-24-19-27-20-30-24)18-23(17-21-9-6-5-7-10-21)26(33)29-13-15-31(2,3)14-8-16-37(34,35)36/h5-7,9-10,19-20,22-23H,4,8,11-18H2,1-3H3,(H3-,27,28,29,30,32,33,34,35,36). The van der Waals surface area contributed by atoms with Gasteiger partial charge in [0.15, 0.2) is 0 Å². The number of amides is 2. The van der Waals surface area contributed by atoms with Crippen LogP contribution in [0, 0.1) is 11.8 Å². The number of carbonyl (C=O) groups excluding carboxylic acids is 2. The number of quaternary nitrogens is 1. The highest BCUT2D eigenvalue weighted by Crippen LogP contribution is 2.21. The van der Waals surface area contributed by atoms with Gasteiger partial charge in [-0.2, -0.15) is 0 Å². The second-order valence-electron chi connectivity index (χ2n) is 10.1. The third-order valence-electron chi connectivity index (χ3n) is 6.55. The fraction of sp³-hybridized carbons (Fsp3) is 0.577. The monoisotopic (exact) mass is 535 g/mol. The van der Waals surface area contributed by atoms with E-state index < -0.39 is 10.1 Å². The normalized spacial score (nSPS) is 13.6. The molecule has 2 atom stereocenters. The van der Waals surface area contributed by atoms with Crippen LogP contribution in [0.15, 0.2) is 42.9 Å². The molecule has 0 aliphatic carbocycles. The Bertz CT molecular complexity index is 1060. The number of rotatable bonds is 17. The quantitative estimate of drug-likeness (QED) is 0.207. The molecule has 0 saturated heterocycles. The van der Waals surface area contributed by atoms with Crippen LogP contribution < -0.4 is 10.6 Å². The summed E-state index contributed by atoms with van der Waals surface area (Å²) >= 11 is 0. The van der Waals surface area contributed by atoms with Crippen molar-refractivity contribution in [3.63, 3.8) is 0 Å². The summed E-state index contributed by atoms with van der Waals surface area (Å²) < 4.78 is 33.1. The van der Waals surface area contributed by atoms with Crippen LogP contribution in [-0.4, -0.2) is 85.3 Å². The van der Waals surface area contributed by atoms with E-state index in [1.165, 1.54) is 0 Å². The first-order valence-electron chi connectivity index (χ1n) is 12.8. The number of aromatic nitrogens is 2. The molecule has 10 nitrogen and oxygen atoms in total. The maximum absolute atomic E-state index is 13.2. The van der Waals surface area contributed by atoms with Gasteiger partial charge in [-0.1, -0.05) is 37.3 Å². The lowest BCUT2D eigenvalue weighted by Crippen LogP contribution is -2.47. The van der Waals surface area contributed by atoms with E-state index >= 15 is 0 Å². The maximum Gasteiger partial charge on any atom is 0.223 e. The fourth-order valence-corrected chi connectivity index (χ4v) is 4.76. The Hall–Kier alpha value is -2.76.